The summed E-state index contributed by atoms with van der Waals surface area (Å²) in [4.78, 5) is 3.74. The predicted molar refractivity (Wildman–Crippen MR) is 70.5 cm³/mol. The Hall–Kier alpha value is -0.210. The molecule has 1 saturated carbocycles. The van der Waals surface area contributed by atoms with E-state index >= 15 is 0 Å². The van der Waals surface area contributed by atoms with E-state index in [9.17, 15) is 8.42 Å². The standard InChI is InChI=1S/C10H15ClN2O3S2/c1-16-5-4-10(2-3-10)7-13-18(14,15)8-6-12-9(11)17-8/h6,13H,2-5,7H2,1H3. The molecular weight excluding hydrogens is 296 g/mol. The topological polar surface area (TPSA) is 68.3 Å². The maximum absolute atomic E-state index is 12.0. The molecule has 0 aliphatic heterocycles. The van der Waals surface area contributed by atoms with Crippen LogP contribution in [-0.2, 0) is 14.8 Å². The first-order valence-corrected chi connectivity index (χ1v) is 8.25. The highest BCUT2D eigenvalue weighted by molar-refractivity contribution is 7.91. The van der Waals surface area contributed by atoms with Crippen molar-refractivity contribution in [2.45, 2.75) is 23.5 Å². The van der Waals surface area contributed by atoms with Crippen LogP contribution in [0.1, 0.15) is 19.3 Å². The normalized spacial score (nSPS) is 17.9. The van der Waals surface area contributed by atoms with Crippen LogP contribution in [0.5, 0.6) is 0 Å². The maximum Gasteiger partial charge on any atom is 0.251 e. The maximum atomic E-state index is 12.0. The number of ether oxygens (including phenoxy) is 1. The van der Waals surface area contributed by atoms with Crippen molar-refractivity contribution in [3.05, 3.63) is 10.7 Å². The third kappa shape index (κ3) is 3.42. The number of nitrogens with zero attached hydrogens (tertiary/aromatic N) is 1. The van der Waals surface area contributed by atoms with Crippen molar-refractivity contribution in [1.29, 1.82) is 0 Å². The van der Waals surface area contributed by atoms with E-state index in [4.69, 9.17) is 16.3 Å². The van der Waals surface area contributed by atoms with Gasteiger partial charge in [-0.2, -0.15) is 0 Å². The largest absolute Gasteiger partial charge is 0.385 e. The monoisotopic (exact) mass is 310 g/mol. The van der Waals surface area contributed by atoms with Crippen molar-refractivity contribution < 1.29 is 13.2 Å². The zero-order valence-corrected chi connectivity index (χ0v) is 12.4. The summed E-state index contributed by atoms with van der Waals surface area (Å²) in [6.07, 6.45) is 4.25. The van der Waals surface area contributed by atoms with Crippen LogP contribution in [0.4, 0.5) is 0 Å². The van der Waals surface area contributed by atoms with Crippen molar-refractivity contribution in [3.8, 4) is 0 Å². The Morgan fingerprint density at radius 2 is 2.33 bits per heavy atom. The SMILES string of the molecule is COCCC1(CNS(=O)(=O)c2cnc(Cl)s2)CC1. The van der Waals surface area contributed by atoms with Crippen LogP contribution in [-0.4, -0.2) is 33.7 Å². The van der Waals surface area contributed by atoms with Gasteiger partial charge in [-0.05, 0) is 24.7 Å². The number of nitrogens with one attached hydrogen (secondary N) is 1. The summed E-state index contributed by atoms with van der Waals surface area (Å²) >= 11 is 6.60. The molecule has 1 N–H and O–H groups in total. The molecule has 0 amide bonds. The average molecular weight is 311 g/mol. The van der Waals surface area contributed by atoms with Gasteiger partial charge < -0.3 is 4.74 Å². The number of thiazole rings is 1. The molecule has 0 spiro atoms. The number of sulfonamides is 1. The number of halogens is 1. The Morgan fingerprint density at radius 3 is 2.83 bits per heavy atom. The smallest absolute Gasteiger partial charge is 0.251 e. The molecule has 1 aromatic rings. The number of rotatable bonds is 7. The number of hydrogen-bond donors (Lipinski definition) is 1. The van der Waals surface area contributed by atoms with E-state index in [1.54, 1.807) is 7.11 Å². The van der Waals surface area contributed by atoms with E-state index in [-0.39, 0.29) is 14.1 Å². The third-order valence-corrected chi connectivity index (χ3v) is 6.13. The van der Waals surface area contributed by atoms with Gasteiger partial charge in [0.05, 0.1) is 6.20 Å². The van der Waals surface area contributed by atoms with E-state index < -0.39 is 10.0 Å². The lowest BCUT2D eigenvalue weighted by molar-refractivity contribution is 0.173. The molecule has 102 valence electrons. The van der Waals surface area contributed by atoms with E-state index in [1.807, 2.05) is 0 Å². The van der Waals surface area contributed by atoms with Crippen molar-refractivity contribution in [3.63, 3.8) is 0 Å². The van der Waals surface area contributed by atoms with Crippen LogP contribution in [0.2, 0.25) is 4.47 Å². The molecule has 1 aromatic heterocycles. The van der Waals surface area contributed by atoms with Crippen LogP contribution in [0.25, 0.3) is 0 Å². The van der Waals surface area contributed by atoms with Crippen LogP contribution < -0.4 is 4.72 Å². The molecule has 0 unspecified atom stereocenters. The lowest BCUT2D eigenvalue weighted by Crippen LogP contribution is -2.30. The summed E-state index contributed by atoms with van der Waals surface area (Å²) in [6, 6.07) is 0. The second-order valence-corrected chi connectivity index (χ2v) is 8.11. The molecule has 0 radical (unpaired) electrons. The van der Waals surface area contributed by atoms with Gasteiger partial charge in [-0.15, -0.1) is 0 Å². The van der Waals surface area contributed by atoms with Crippen LogP contribution in [0, 0.1) is 5.41 Å². The Balaban J connectivity index is 1.94. The average Bonchev–Trinajstić information content (AvgIpc) is 2.97. The van der Waals surface area contributed by atoms with Crippen LogP contribution in [0.15, 0.2) is 10.4 Å². The van der Waals surface area contributed by atoms with Gasteiger partial charge in [0.15, 0.2) is 8.68 Å². The minimum Gasteiger partial charge on any atom is -0.385 e. The van der Waals surface area contributed by atoms with E-state index in [0.29, 0.717) is 13.2 Å². The highest BCUT2D eigenvalue weighted by atomic mass is 35.5. The van der Waals surface area contributed by atoms with Gasteiger partial charge in [-0.1, -0.05) is 22.9 Å². The highest BCUT2D eigenvalue weighted by Crippen LogP contribution is 2.48. The predicted octanol–water partition coefficient (Wildman–Crippen LogP) is 1.89. The van der Waals surface area contributed by atoms with Crippen molar-refractivity contribution >= 4 is 33.0 Å². The van der Waals surface area contributed by atoms with Crippen LogP contribution in [0.3, 0.4) is 0 Å². The lowest BCUT2D eigenvalue weighted by Gasteiger charge is -2.14. The Bertz CT molecular complexity index is 511. The Morgan fingerprint density at radius 1 is 1.61 bits per heavy atom. The molecule has 0 atom stereocenters. The first-order valence-electron chi connectivity index (χ1n) is 5.57. The van der Waals surface area contributed by atoms with Gasteiger partial charge in [0, 0.05) is 20.3 Å². The van der Waals surface area contributed by atoms with E-state index in [0.717, 1.165) is 30.6 Å². The van der Waals surface area contributed by atoms with Crippen molar-refractivity contribution in [1.82, 2.24) is 9.71 Å². The molecule has 1 aliphatic rings. The fourth-order valence-electron chi connectivity index (χ4n) is 1.69. The summed E-state index contributed by atoms with van der Waals surface area (Å²) in [5.41, 5.74) is 0.0809. The zero-order chi connectivity index (χ0) is 13.2. The molecular formula is C10H15ClN2O3S2. The second-order valence-electron chi connectivity index (χ2n) is 4.50. The molecule has 1 fully saturated rings. The molecule has 18 heavy (non-hydrogen) atoms. The number of methoxy groups -OCH3 is 1. The fraction of sp³-hybridized carbons (Fsp3) is 0.700. The lowest BCUT2D eigenvalue weighted by atomic mass is 10.0. The summed E-state index contributed by atoms with van der Waals surface area (Å²) in [6.45, 7) is 1.11. The van der Waals surface area contributed by atoms with Crippen molar-refractivity contribution in [2.75, 3.05) is 20.3 Å². The van der Waals surface area contributed by atoms with E-state index in [2.05, 4.69) is 9.71 Å². The molecule has 1 aliphatic carbocycles. The van der Waals surface area contributed by atoms with Gasteiger partial charge >= 0.3 is 0 Å². The van der Waals surface area contributed by atoms with Gasteiger partial charge in [0.1, 0.15) is 0 Å². The molecule has 1 heterocycles. The number of aromatic nitrogens is 1. The van der Waals surface area contributed by atoms with E-state index in [1.165, 1.54) is 6.20 Å². The zero-order valence-electron chi connectivity index (χ0n) is 9.98. The third-order valence-electron chi connectivity index (χ3n) is 3.15. The minimum absolute atomic E-state index is 0.0809. The Kier molecular flexibility index (Phi) is 4.28. The van der Waals surface area contributed by atoms with Gasteiger partial charge in [0.2, 0.25) is 0 Å². The molecule has 0 bridgehead atoms. The van der Waals surface area contributed by atoms with Crippen molar-refractivity contribution in [2.24, 2.45) is 5.41 Å². The van der Waals surface area contributed by atoms with Gasteiger partial charge in [0.25, 0.3) is 10.0 Å². The first kappa shape index (κ1) is 14.2. The second kappa shape index (κ2) is 5.42. The number of hydrogen-bond acceptors (Lipinski definition) is 5. The van der Waals surface area contributed by atoms with Gasteiger partial charge in [-0.25, -0.2) is 18.1 Å². The molecule has 0 saturated heterocycles. The van der Waals surface area contributed by atoms with Gasteiger partial charge in [-0.3, -0.25) is 0 Å². The molecule has 0 aromatic carbocycles. The van der Waals surface area contributed by atoms with Crippen LogP contribution >= 0.6 is 22.9 Å². The summed E-state index contributed by atoms with van der Waals surface area (Å²) in [5.74, 6) is 0. The summed E-state index contributed by atoms with van der Waals surface area (Å²) < 4.78 is 32.0. The summed E-state index contributed by atoms with van der Waals surface area (Å²) in [7, 11) is -1.82. The fourth-order valence-corrected chi connectivity index (χ4v) is 4.19. The minimum atomic E-state index is -3.48. The molecule has 5 nitrogen and oxygen atoms in total. The molecule has 2 rings (SSSR count). The summed E-state index contributed by atoms with van der Waals surface area (Å²) in [5, 5.41) is 0. The first-order chi connectivity index (χ1) is 8.47. The highest BCUT2D eigenvalue weighted by Gasteiger charge is 2.42. The Labute approximate surface area is 116 Å². The molecule has 8 heteroatoms. The quantitative estimate of drug-likeness (QED) is 0.835.